The number of aryl methyl sites for hydroxylation is 1. The minimum absolute atomic E-state index is 0.165. The molecule has 1 aromatic carbocycles. The predicted octanol–water partition coefficient (Wildman–Crippen LogP) is 3.59. The molecule has 1 aromatic heterocycles. The van der Waals surface area contributed by atoms with Gasteiger partial charge in [-0.25, -0.2) is 4.79 Å². The normalized spacial score (nSPS) is 12.7. The van der Waals surface area contributed by atoms with Gasteiger partial charge in [0.15, 0.2) is 5.82 Å². The first-order valence-corrected chi connectivity index (χ1v) is 8.27. The fraction of sp³-hybridized carbons (Fsp3) is 0.438. The van der Waals surface area contributed by atoms with Crippen molar-refractivity contribution in [1.82, 2.24) is 20.1 Å². The van der Waals surface area contributed by atoms with Gasteiger partial charge in [0, 0.05) is 22.4 Å². The van der Waals surface area contributed by atoms with Crippen LogP contribution in [0.3, 0.4) is 0 Å². The van der Waals surface area contributed by atoms with Crippen LogP contribution in [0.25, 0.3) is 0 Å². The minimum atomic E-state index is -0.267. The summed E-state index contributed by atoms with van der Waals surface area (Å²) in [6.07, 6.45) is 1.61. The molecule has 1 heterocycles. The summed E-state index contributed by atoms with van der Waals surface area (Å²) in [5.41, 5.74) is 0.755. The van der Waals surface area contributed by atoms with E-state index in [1.165, 1.54) is 4.90 Å². The smallest absolute Gasteiger partial charge is 0.319 e. The van der Waals surface area contributed by atoms with E-state index in [1.807, 2.05) is 38.2 Å². The van der Waals surface area contributed by atoms with Gasteiger partial charge in [-0.05, 0) is 31.2 Å². The van der Waals surface area contributed by atoms with Gasteiger partial charge in [0.25, 0.3) is 0 Å². The average Bonchev–Trinajstić information content (AvgIpc) is 2.85. The molecule has 0 saturated heterocycles. The zero-order valence-electron chi connectivity index (χ0n) is 14.1. The van der Waals surface area contributed by atoms with Gasteiger partial charge in [-0.15, -0.1) is 22.0 Å². The number of hydrogen-bond donors (Lipinski definition) is 2. The number of amides is 2. The molecule has 0 fully saturated rings. The molecule has 2 rings (SSSR count). The van der Waals surface area contributed by atoms with E-state index in [-0.39, 0.29) is 16.8 Å². The highest BCUT2D eigenvalue weighted by atomic mass is 32.2. The molecule has 6 nitrogen and oxygen atoms in total. The molecule has 2 aromatic rings. The van der Waals surface area contributed by atoms with Crippen molar-refractivity contribution in [3.05, 3.63) is 36.4 Å². The summed E-state index contributed by atoms with van der Waals surface area (Å²) in [7, 11) is 1.84. The molecule has 0 spiro atoms. The standard InChI is InChI=1S/C16H23N5OS/c1-11(14-20-17-10-21(14)5)18-15(22)19-12-6-8-13(9-7-12)23-16(2,3)4/h6-11H,1-5H3,(H2,18,19,22)/t11-/m1/s1. The number of carbonyl (C=O) groups excluding carboxylic acids is 1. The monoisotopic (exact) mass is 333 g/mol. The number of thioether (sulfide) groups is 1. The molecule has 7 heteroatoms. The van der Waals surface area contributed by atoms with Crippen LogP contribution in [-0.4, -0.2) is 25.5 Å². The number of anilines is 1. The average molecular weight is 333 g/mol. The van der Waals surface area contributed by atoms with E-state index in [9.17, 15) is 4.79 Å². The van der Waals surface area contributed by atoms with E-state index >= 15 is 0 Å². The van der Waals surface area contributed by atoms with Crippen molar-refractivity contribution in [2.24, 2.45) is 7.05 Å². The maximum Gasteiger partial charge on any atom is 0.319 e. The summed E-state index contributed by atoms with van der Waals surface area (Å²) in [4.78, 5) is 13.2. The summed E-state index contributed by atoms with van der Waals surface area (Å²) in [5.74, 6) is 0.706. The van der Waals surface area contributed by atoms with E-state index in [1.54, 1.807) is 22.7 Å². The van der Waals surface area contributed by atoms with Crippen molar-refractivity contribution in [2.45, 2.75) is 43.4 Å². The zero-order chi connectivity index (χ0) is 17.0. The Bertz CT molecular complexity index is 660. The lowest BCUT2D eigenvalue weighted by atomic mass is 10.3. The summed E-state index contributed by atoms with van der Waals surface area (Å²) < 4.78 is 1.95. The van der Waals surface area contributed by atoms with Crippen LogP contribution in [0.15, 0.2) is 35.5 Å². The Balaban J connectivity index is 1.91. The van der Waals surface area contributed by atoms with E-state index in [0.717, 1.165) is 5.69 Å². The van der Waals surface area contributed by atoms with Crippen LogP contribution in [-0.2, 0) is 7.05 Å². The minimum Gasteiger partial charge on any atom is -0.328 e. The first-order chi connectivity index (χ1) is 10.7. The van der Waals surface area contributed by atoms with Gasteiger partial charge in [-0.1, -0.05) is 20.8 Å². The van der Waals surface area contributed by atoms with Gasteiger partial charge < -0.3 is 15.2 Å². The van der Waals surface area contributed by atoms with Gasteiger partial charge in [0.1, 0.15) is 6.33 Å². The van der Waals surface area contributed by atoms with Gasteiger partial charge in [0.2, 0.25) is 0 Å². The summed E-state index contributed by atoms with van der Waals surface area (Å²) in [6, 6.07) is 7.34. The van der Waals surface area contributed by atoms with Gasteiger partial charge in [-0.2, -0.15) is 0 Å². The first kappa shape index (κ1) is 17.3. The maximum absolute atomic E-state index is 12.1. The Morgan fingerprint density at radius 3 is 2.43 bits per heavy atom. The lowest BCUT2D eigenvalue weighted by Gasteiger charge is -2.18. The molecule has 0 aliphatic heterocycles. The second-order valence-corrected chi connectivity index (χ2v) is 8.26. The second kappa shape index (κ2) is 7.04. The maximum atomic E-state index is 12.1. The SMILES string of the molecule is C[C@@H](NC(=O)Nc1ccc(SC(C)(C)C)cc1)c1nncn1C. The molecule has 1 atom stereocenters. The molecule has 0 aliphatic carbocycles. The van der Waals surface area contributed by atoms with Crippen LogP contribution >= 0.6 is 11.8 Å². The molecule has 0 radical (unpaired) electrons. The Morgan fingerprint density at radius 2 is 1.91 bits per heavy atom. The third kappa shape index (κ3) is 5.28. The Labute approximate surface area is 141 Å². The number of benzene rings is 1. The number of rotatable bonds is 4. The number of carbonyl (C=O) groups is 1. The number of hydrogen-bond acceptors (Lipinski definition) is 4. The second-order valence-electron chi connectivity index (χ2n) is 6.36. The third-order valence-corrected chi connectivity index (χ3v) is 4.14. The molecular formula is C16H23N5OS. The van der Waals surface area contributed by atoms with E-state index in [0.29, 0.717) is 5.82 Å². The zero-order valence-corrected chi connectivity index (χ0v) is 14.9. The van der Waals surface area contributed by atoms with Crippen LogP contribution in [0, 0.1) is 0 Å². The fourth-order valence-corrected chi connectivity index (χ4v) is 3.05. The van der Waals surface area contributed by atoms with E-state index < -0.39 is 0 Å². The molecule has 0 bridgehead atoms. The number of nitrogens with zero attached hydrogens (tertiary/aromatic N) is 3. The van der Waals surface area contributed by atoms with E-state index in [4.69, 9.17) is 0 Å². The summed E-state index contributed by atoms with van der Waals surface area (Å²) >= 11 is 1.79. The molecule has 23 heavy (non-hydrogen) atoms. The van der Waals surface area contributed by atoms with Crippen molar-refractivity contribution in [2.75, 3.05) is 5.32 Å². The van der Waals surface area contributed by atoms with Crippen molar-refractivity contribution in [1.29, 1.82) is 0 Å². The van der Waals surface area contributed by atoms with Crippen molar-refractivity contribution in [3.63, 3.8) is 0 Å². The van der Waals surface area contributed by atoms with Crippen LogP contribution in [0.4, 0.5) is 10.5 Å². The predicted molar refractivity (Wildman–Crippen MR) is 93.6 cm³/mol. The number of aromatic nitrogens is 3. The van der Waals surface area contributed by atoms with Gasteiger partial charge >= 0.3 is 6.03 Å². The molecular weight excluding hydrogens is 310 g/mol. The topological polar surface area (TPSA) is 71.8 Å². The highest BCUT2D eigenvalue weighted by Crippen LogP contribution is 2.32. The molecule has 0 aliphatic rings. The largest absolute Gasteiger partial charge is 0.328 e. The Hall–Kier alpha value is -2.02. The highest BCUT2D eigenvalue weighted by Gasteiger charge is 2.15. The summed E-state index contributed by atoms with van der Waals surface area (Å²) in [5, 5.41) is 13.5. The number of nitrogens with one attached hydrogen (secondary N) is 2. The highest BCUT2D eigenvalue weighted by molar-refractivity contribution is 8.00. The molecule has 2 amide bonds. The Morgan fingerprint density at radius 1 is 1.26 bits per heavy atom. The molecule has 124 valence electrons. The van der Waals surface area contributed by atoms with Gasteiger partial charge in [0.05, 0.1) is 6.04 Å². The van der Waals surface area contributed by atoms with Crippen molar-refractivity contribution >= 4 is 23.5 Å². The van der Waals surface area contributed by atoms with E-state index in [2.05, 4.69) is 41.6 Å². The lowest BCUT2D eigenvalue weighted by Crippen LogP contribution is -2.32. The van der Waals surface area contributed by atoms with Crippen LogP contribution < -0.4 is 10.6 Å². The third-order valence-electron chi connectivity index (χ3n) is 3.02. The molecule has 0 unspecified atom stereocenters. The number of urea groups is 1. The van der Waals surface area contributed by atoms with Crippen molar-refractivity contribution in [3.8, 4) is 0 Å². The molecule has 0 saturated carbocycles. The fourth-order valence-electron chi connectivity index (χ4n) is 2.07. The van der Waals surface area contributed by atoms with Crippen LogP contribution in [0.2, 0.25) is 0 Å². The van der Waals surface area contributed by atoms with Crippen LogP contribution in [0.1, 0.15) is 39.6 Å². The van der Waals surface area contributed by atoms with Crippen molar-refractivity contribution < 1.29 is 4.79 Å². The molecule has 2 N–H and O–H groups in total. The van der Waals surface area contributed by atoms with Gasteiger partial charge in [-0.3, -0.25) is 0 Å². The quantitative estimate of drug-likeness (QED) is 0.839. The lowest BCUT2D eigenvalue weighted by molar-refractivity contribution is 0.248. The Kier molecular flexibility index (Phi) is 5.30. The van der Waals surface area contributed by atoms with Crippen LogP contribution in [0.5, 0.6) is 0 Å². The first-order valence-electron chi connectivity index (χ1n) is 7.45. The summed E-state index contributed by atoms with van der Waals surface area (Å²) in [6.45, 7) is 8.38.